The Hall–Kier alpha value is -2.56. The van der Waals surface area contributed by atoms with Crippen LogP contribution in [0.5, 0.6) is 0 Å². The van der Waals surface area contributed by atoms with Gasteiger partial charge in [0.25, 0.3) is 0 Å². The van der Waals surface area contributed by atoms with Gasteiger partial charge in [-0.15, -0.1) is 0 Å². The molecule has 5 heteroatoms. The highest BCUT2D eigenvalue weighted by atomic mass is 16.2. The number of amides is 2. The van der Waals surface area contributed by atoms with Crippen LogP contribution >= 0.6 is 0 Å². The van der Waals surface area contributed by atoms with Crippen LogP contribution in [0.15, 0.2) is 54.4 Å². The Morgan fingerprint density at radius 2 is 2.00 bits per heavy atom. The number of para-hydroxylation sites is 1. The summed E-state index contributed by atoms with van der Waals surface area (Å²) < 4.78 is 0. The van der Waals surface area contributed by atoms with Crippen LogP contribution in [0.2, 0.25) is 0 Å². The Bertz CT molecular complexity index is 564. The van der Waals surface area contributed by atoms with E-state index in [2.05, 4.69) is 10.6 Å². The monoisotopic (exact) mass is 285 g/mol. The predicted molar refractivity (Wildman–Crippen MR) is 82.3 cm³/mol. The topological polar surface area (TPSA) is 61.4 Å². The third-order valence-electron chi connectivity index (χ3n) is 2.97. The van der Waals surface area contributed by atoms with Gasteiger partial charge in [-0.1, -0.05) is 24.3 Å². The largest absolute Gasteiger partial charge is 0.353 e. The molecule has 0 spiro atoms. The number of hydrogen-bond donors (Lipinski definition) is 2. The van der Waals surface area contributed by atoms with Crippen molar-refractivity contribution in [3.63, 3.8) is 0 Å². The molecule has 1 heterocycles. The van der Waals surface area contributed by atoms with Crippen LogP contribution in [0.3, 0.4) is 0 Å². The first-order valence-corrected chi connectivity index (χ1v) is 6.95. The fourth-order valence-corrected chi connectivity index (χ4v) is 2.02. The minimum absolute atomic E-state index is 0.0877. The molecular formula is C16H19N3O2. The van der Waals surface area contributed by atoms with Gasteiger partial charge in [0.1, 0.15) is 6.54 Å². The molecule has 0 unspecified atom stereocenters. The van der Waals surface area contributed by atoms with E-state index in [9.17, 15) is 9.59 Å². The maximum absolute atomic E-state index is 12.0. The van der Waals surface area contributed by atoms with E-state index in [0.29, 0.717) is 18.5 Å². The number of benzene rings is 1. The zero-order chi connectivity index (χ0) is 15.1. The molecule has 1 aliphatic heterocycles. The number of anilines is 1. The Kier molecular flexibility index (Phi) is 5.15. The van der Waals surface area contributed by atoms with Crippen LogP contribution < -0.4 is 10.6 Å². The van der Waals surface area contributed by atoms with Crippen LogP contribution in [0.25, 0.3) is 0 Å². The van der Waals surface area contributed by atoms with E-state index in [1.807, 2.05) is 49.5 Å². The van der Waals surface area contributed by atoms with E-state index < -0.39 is 0 Å². The van der Waals surface area contributed by atoms with Crippen LogP contribution in [-0.2, 0) is 9.59 Å². The normalized spacial score (nSPS) is 13.6. The average Bonchev–Trinajstić information content (AvgIpc) is 2.48. The number of carbonyl (C=O) groups excluding carboxylic acids is 2. The standard InChI is InChI=1S/C16H19N3O2/c1-2-17-16(21)13-7-6-10-19(11-13)12-15(20)18-14-8-4-3-5-9-14/h3-6,8-11H,2,7,12H2,1H3,(H,17,21)(H,18,20). The lowest BCUT2D eigenvalue weighted by atomic mass is 10.1. The number of allylic oxidation sites excluding steroid dienone is 1. The van der Waals surface area contributed by atoms with Gasteiger partial charge in [-0.05, 0) is 25.5 Å². The van der Waals surface area contributed by atoms with Gasteiger partial charge in [-0.25, -0.2) is 0 Å². The molecule has 0 saturated carbocycles. The molecule has 2 rings (SSSR count). The highest BCUT2D eigenvalue weighted by Crippen LogP contribution is 2.12. The fourth-order valence-electron chi connectivity index (χ4n) is 2.02. The smallest absolute Gasteiger partial charge is 0.248 e. The first-order chi connectivity index (χ1) is 10.2. The zero-order valence-corrected chi connectivity index (χ0v) is 12.0. The summed E-state index contributed by atoms with van der Waals surface area (Å²) in [6.07, 6.45) is 5.99. The Morgan fingerprint density at radius 3 is 2.71 bits per heavy atom. The SMILES string of the molecule is CCNC(=O)C1=CN(CC(=O)Nc2ccccc2)C=CC1. The van der Waals surface area contributed by atoms with Crippen molar-refractivity contribution in [3.8, 4) is 0 Å². The molecule has 1 aliphatic rings. The molecule has 0 radical (unpaired) electrons. The second-order valence-corrected chi connectivity index (χ2v) is 4.69. The fraction of sp³-hybridized carbons (Fsp3) is 0.250. The Labute approximate surface area is 124 Å². The summed E-state index contributed by atoms with van der Waals surface area (Å²) in [5, 5.41) is 5.57. The van der Waals surface area contributed by atoms with E-state index >= 15 is 0 Å². The first kappa shape index (κ1) is 14.8. The average molecular weight is 285 g/mol. The molecule has 0 fully saturated rings. The number of likely N-dealkylation sites (N-methyl/N-ethyl adjacent to an activating group) is 1. The van der Waals surface area contributed by atoms with Gasteiger partial charge in [0.05, 0.1) is 0 Å². The van der Waals surface area contributed by atoms with Crippen LogP contribution in [0, 0.1) is 0 Å². The summed E-state index contributed by atoms with van der Waals surface area (Å²) in [7, 11) is 0. The highest BCUT2D eigenvalue weighted by Gasteiger charge is 2.14. The maximum Gasteiger partial charge on any atom is 0.248 e. The van der Waals surface area contributed by atoms with E-state index in [0.717, 1.165) is 5.69 Å². The van der Waals surface area contributed by atoms with Gasteiger partial charge in [-0.3, -0.25) is 9.59 Å². The molecular weight excluding hydrogens is 266 g/mol. The van der Waals surface area contributed by atoms with E-state index in [-0.39, 0.29) is 18.4 Å². The number of hydrogen-bond acceptors (Lipinski definition) is 3. The van der Waals surface area contributed by atoms with Crippen molar-refractivity contribution >= 4 is 17.5 Å². The van der Waals surface area contributed by atoms with Crippen molar-refractivity contribution < 1.29 is 9.59 Å². The summed E-state index contributed by atoms with van der Waals surface area (Å²) >= 11 is 0. The van der Waals surface area contributed by atoms with Crippen molar-refractivity contribution in [2.24, 2.45) is 0 Å². The number of nitrogens with zero attached hydrogens (tertiary/aromatic N) is 1. The summed E-state index contributed by atoms with van der Waals surface area (Å²) in [5.41, 5.74) is 1.42. The number of nitrogens with one attached hydrogen (secondary N) is 2. The van der Waals surface area contributed by atoms with Gasteiger partial charge in [0.2, 0.25) is 11.8 Å². The molecule has 0 aromatic heterocycles. The summed E-state index contributed by atoms with van der Waals surface area (Å²) in [5.74, 6) is -0.213. The Morgan fingerprint density at radius 1 is 1.24 bits per heavy atom. The molecule has 0 bridgehead atoms. The molecule has 1 aromatic carbocycles. The van der Waals surface area contributed by atoms with Crippen molar-refractivity contribution in [2.45, 2.75) is 13.3 Å². The highest BCUT2D eigenvalue weighted by molar-refractivity contribution is 5.94. The number of rotatable bonds is 5. The molecule has 1 aromatic rings. The lowest BCUT2D eigenvalue weighted by Gasteiger charge is -2.20. The zero-order valence-electron chi connectivity index (χ0n) is 12.0. The van der Waals surface area contributed by atoms with Crippen molar-refractivity contribution in [1.82, 2.24) is 10.2 Å². The predicted octanol–water partition coefficient (Wildman–Crippen LogP) is 1.86. The second-order valence-electron chi connectivity index (χ2n) is 4.69. The van der Waals surface area contributed by atoms with Crippen LogP contribution in [0.1, 0.15) is 13.3 Å². The lowest BCUT2D eigenvalue weighted by molar-refractivity contribution is -0.118. The quantitative estimate of drug-likeness (QED) is 0.868. The molecule has 2 amide bonds. The molecule has 0 saturated heterocycles. The minimum Gasteiger partial charge on any atom is -0.353 e. The summed E-state index contributed by atoms with van der Waals surface area (Å²) in [4.78, 5) is 25.5. The van der Waals surface area contributed by atoms with E-state index in [1.54, 1.807) is 11.1 Å². The van der Waals surface area contributed by atoms with Gasteiger partial charge >= 0.3 is 0 Å². The summed E-state index contributed by atoms with van der Waals surface area (Å²) in [6, 6.07) is 9.29. The summed E-state index contributed by atoms with van der Waals surface area (Å²) in [6.45, 7) is 2.64. The molecule has 0 aliphatic carbocycles. The van der Waals surface area contributed by atoms with Crippen molar-refractivity contribution in [3.05, 3.63) is 54.4 Å². The van der Waals surface area contributed by atoms with Crippen molar-refractivity contribution in [1.29, 1.82) is 0 Å². The molecule has 21 heavy (non-hydrogen) atoms. The lowest BCUT2D eigenvalue weighted by Crippen LogP contribution is -2.30. The van der Waals surface area contributed by atoms with Gasteiger partial charge < -0.3 is 15.5 Å². The Balaban J connectivity index is 1.92. The number of carbonyl (C=O) groups is 2. The van der Waals surface area contributed by atoms with Crippen LogP contribution in [-0.4, -0.2) is 29.8 Å². The van der Waals surface area contributed by atoms with Gasteiger partial charge in [0, 0.05) is 30.2 Å². The van der Waals surface area contributed by atoms with Gasteiger partial charge in [-0.2, -0.15) is 0 Å². The van der Waals surface area contributed by atoms with Gasteiger partial charge in [0.15, 0.2) is 0 Å². The molecule has 0 atom stereocenters. The third-order valence-corrected chi connectivity index (χ3v) is 2.97. The van der Waals surface area contributed by atoms with E-state index in [4.69, 9.17) is 0 Å². The molecule has 5 nitrogen and oxygen atoms in total. The van der Waals surface area contributed by atoms with Crippen LogP contribution in [0.4, 0.5) is 5.69 Å². The molecule has 110 valence electrons. The molecule has 2 N–H and O–H groups in total. The van der Waals surface area contributed by atoms with Crippen molar-refractivity contribution in [2.75, 3.05) is 18.4 Å². The second kappa shape index (κ2) is 7.28. The third kappa shape index (κ3) is 4.49. The first-order valence-electron chi connectivity index (χ1n) is 6.95. The van der Waals surface area contributed by atoms with E-state index in [1.165, 1.54) is 0 Å². The minimum atomic E-state index is -0.126. The maximum atomic E-state index is 12.0.